The summed E-state index contributed by atoms with van der Waals surface area (Å²) in [7, 11) is 1.63. The van der Waals surface area contributed by atoms with Crippen LogP contribution in [0.2, 0.25) is 0 Å². The van der Waals surface area contributed by atoms with E-state index in [9.17, 15) is 8.78 Å². The van der Waals surface area contributed by atoms with E-state index in [2.05, 4.69) is 5.32 Å². The SMILES string of the molecule is CNCCC(F)(F)c1ccc(O)cc1. The second-order valence-corrected chi connectivity index (χ2v) is 3.10. The van der Waals surface area contributed by atoms with Gasteiger partial charge in [0.15, 0.2) is 0 Å². The molecule has 0 atom stereocenters. The molecule has 0 saturated heterocycles. The first-order valence-corrected chi connectivity index (χ1v) is 4.38. The van der Waals surface area contributed by atoms with Crippen LogP contribution in [0.25, 0.3) is 0 Å². The summed E-state index contributed by atoms with van der Waals surface area (Å²) in [6, 6.07) is 5.02. The Balaban J connectivity index is 2.75. The standard InChI is InChI=1S/C10H13F2NO/c1-13-7-6-10(11,12)8-2-4-9(14)5-3-8/h2-5,13-14H,6-7H2,1H3. The van der Waals surface area contributed by atoms with Crippen LogP contribution in [0, 0.1) is 0 Å². The smallest absolute Gasteiger partial charge is 0.274 e. The molecule has 0 aliphatic carbocycles. The van der Waals surface area contributed by atoms with Crippen molar-refractivity contribution in [1.29, 1.82) is 0 Å². The molecule has 0 unspecified atom stereocenters. The summed E-state index contributed by atoms with van der Waals surface area (Å²) >= 11 is 0. The summed E-state index contributed by atoms with van der Waals surface area (Å²) in [6.45, 7) is 0.258. The first-order chi connectivity index (χ1) is 6.56. The number of phenols is 1. The fraction of sp³-hybridized carbons (Fsp3) is 0.400. The number of nitrogens with one attached hydrogen (secondary N) is 1. The van der Waals surface area contributed by atoms with E-state index in [-0.39, 0.29) is 24.3 Å². The van der Waals surface area contributed by atoms with Crippen LogP contribution in [-0.2, 0) is 5.92 Å². The molecule has 0 aliphatic rings. The maximum atomic E-state index is 13.4. The van der Waals surface area contributed by atoms with E-state index in [4.69, 9.17) is 5.11 Å². The van der Waals surface area contributed by atoms with Crippen LogP contribution in [0.1, 0.15) is 12.0 Å². The van der Waals surface area contributed by atoms with E-state index in [1.807, 2.05) is 0 Å². The summed E-state index contributed by atoms with van der Waals surface area (Å²) in [5, 5.41) is 11.6. The van der Waals surface area contributed by atoms with Gasteiger partial charge in [-0.25, -0.2) is 8.78 Å². The first-order valence-electron chi connectivity index (χ1n) is 4.38. The Morgan fingerprint density at radius 1 is 1.29 bits per heavy atom. The number of hydrogen-bond acceptors (Lipinski definition) is 2. The van der Waals surface area contributed by atoms with Crippen molar-refractivity contribution in [1.82, 2.24) is 5.32 Å². The molecule has 78 valence electrons. The number of hydrogen-bond donors (Lipinski definition) is 2. The van der Waals surface area contributed by atoms with E-state index in [0.29, 0.717) is 0 Å². The average Bonchev–Trinajstić information content (AvgIpc) is 2.16. The van der Waals surface area contributed by atoms with Crippen LogP contribution in [-0.4, -0.2) is 18.7 Å². The molecule has 1 aromatic carbocycles. The lowest BCUT2D eigenvalue weighted by Gasteiger charge is -2.16. The lowest BCUT2D eigenvalue weighted by Crippen LogP contribution is -2.20. The van der Waals surface area contributed by atoms with Crippen LogP contribution < -0.4 is 5.32 Å². The second-order valence-electron chi connectivity index (χ2n) is 3.10. The topological polar surface area (TPSA) is 32.3 Å². The molecule has 2 nitrogen and oxygen atoms in total. The van der Waals surface area contributed by atoms with Crippen molar-refractivity contribution in [2.75, 3.05) is 13.6 Å². The van der Waals surface area contributed by atoms with Gasteiger partial charge < -0.3 is 10.4 Å². The summed E-state index contributed by atoms with van der Waals surface area (Å²) in [5.74, 6) is -2.84. The molecule has 0 aliphatic heterocycles. The van der Waals surface area contributed by atoms with Gasteiger partial charge in [-0.3, -0.25) is 0 Å². The van der Waals surface area contributed by atoms with Gasteiger partial charge in [0.25, 0.3) is 5.92 Å². The van der Waals surface area contributed by atoms with Crippen molar-refractivity contribution >= 4 is 0 Å². The monoisotopic (exact) mass is 201 g/mol. The highest BCUT2D eigenvalue weighted by Gasteiger charge is 2.30. The Hall–Kier alpha value is -1.16. The minimum Gasteiger partial charge on any atom is -0.508 e. The molecule has 0 amide bonds. The van der Waals surface area contributed by atoms with Crippen molar-refractivity contribution in [2.24, 2.45) is 0 Å². The summed E-state index contributed by atoms with van der Waals surface area (Å²) in [4.78, 5) is 0. The third-order valence-corrected chi connectivity index (χ3v) is 1.98. The summed E-state index contributed by atoms with van der Waals surface area (Å²) in [5.41, 5.74) is -0.0643. The van der Waals surface area contributed by atoms with Crippen molar-refractivity contribution in [3.05, 3.63) is 29.8 Å². The highest BCUT2D eigenvalue weighted by Crippen LogP contribution is 2.31. The molecular formula is C10H13F2NO. The van der Waals surface area contributed by atoms with E-state index in [1.54, 1.807) is 7.05 Å². The van der Waals surface area contributed by atoms with Crippen LogP contribution in [0.3, 0.4) is 0 Å². The highest BCUT2D eigenvalue weighted by molar-refractivity contribution is 5.28. The number of phenolic OH excluding ortho intramolecular Hbond substituents is 1. The minimum atomic E-state index is -2.84. The molecule has 0 bridgehead atoms. The molecule has 1 rings (SSSR count). The third kappa shape index (κ3) is 2.67. The Labute approximate surface area is 81.6 Å². The van der Waals surface area contributed by atoms with Gasteiger partial charge in [-0.05, 0) is 31.3 Å². The van der Waals surface area contributed by atoms with Crippen LogP contribution in [0.4, 0.5) is 8.78 Å². The van der Waals surface area contributed by atoms with Gasteiger partial charge in [-0.15, -0.1) is 0 Å². The molecule has 0 spiro atoms. The third-order valence-electron chi connectivity index (χ3n) is 1.98. The van der Waals surface area contributed by atoms with Gasteiger partial charge in [0.05, 0.1) is 0 Å². The number of rotatable bonds is 4. The zero-order valence-electron chi connectivity index (χ0n) is 7.93. The van der Waals surface area contributed by atoms with Gasteiger partial charge in [0.1, 0.15) is 5.75 Å². The Kier molecular flexibility index (Phi) is 3.41. The summed E-state index contributed by atoms with van der Waals surface area (Å²) < 4.78 is 26.7. The summed E-state index contributed by atoms with van der Waals surface area (Å²) in [6.07, 6.45) is -0.242. The van der Waals surface area contributed by atoms with Crippen molar-refractivity contribution < 1.29 is 13.9 Å². The van der Waals surface area contributed by atoms with Gasteiger partial charge in [0.2, 0.25) is 0 Å². The molecule has 4 heteroatoms. The maximum Gasteiger partial charge on any atom is 0.274 e. The number of aromatic hydroxyl groups is 1. The first kappa shape index (κ1) is 10.9. The fourth-order valence-corrected chi connectivity index (χ4v) is 1.13. The van der Waals surface area contributed by atoms with Gasteiger partial charge in [-0.1, -0.05) is 0 Å². The number of benzene rings is 1. The molecule has 0 heterocycles. The number of halogens is 2. The van der Waals surface area contributed by atoms with Crippen LogP contribution >= 0.6 is 0 Å². The Morgan fingerprint density at radius 3 is 2.36 bits per heavy atom. The molecule has 1 aromatic rings. The van der Waals surface area contributed by atoms with E-state index in [0.717, 1.165) is 0 Å². The predicted molar refractivity (Wildman–Crippen MR) is 50.5 cm³/mol. The lowest BCUT2D eigenvalue weighted by atomic mass is 10.1. The molecule has 0 fully saturated rings. The molecular weight excluding hydrogens is 188 g/mol. The van der Waals surface area contributed by atoms with Crippen molar-refractivity contribution in [2.45, 2.75) is 12.3 Å². The van der Waals surface area contributed by atoms with E-state index < -0.39 is 5.92 Å². The van der Waals surface area contributed by atoms with Gasteiger partial charge in [-0.2, -0.15) is 0 Å². The van der Waals surface area contributed by atoms with E-state index >= 15 is 0 Å². The van der Waals surface area contributed by atoms with Crippen LogP contribution in [0.15, 0.2) is 24.3 Å². The Morgan fingerprint density at radius 2 is 1.86 bits per heavy atom. The normalized spacial score (nSPS) is 11.6. The predicted octanol–water partition coefficient (Wildman–Crippen LogP) is 2.09. The number of alkyl halides is 2. The Bertz CT molecular complexity index is 285. The van der Waals surface area contributed by atoms with Crippen molar-refractivity contribution in [3.63, 3.8) is 0 Å². The zero-order valence-corrected chi connectivity index (χ0v) is 7.93. The molecule has 0 saturated carbocycles. The van der Waals surface area contributed by atoms with E-state index in [1.165, 1.54) is 24.3 Å². The minimum absolute atomic E-state index is 0.00170. The van der Waals surface area contributed by atoms with Crippen molar-refractivity contribution in [3.8, 4) is 5.75 Å². The highest BCUT2D eigenvalue weighted by atomic mass is 19.3. The zero-order chi connectivity index (χ0) is 10.6. The largest absolute Gasteiger partial charge is 0.508 e. The average molecular weight is 201 g/mol. The molecule has 2 N–H and O–H groups in total. The molecule has 0 radical (unpaired) electrons. The molecule has 14 heavy (non-hydrogen) atoms. The van der Waals surface area contributed by atoms with Gasteiger partial charge >= 0.3 is 0 Å². The maximum absolute atomic E-state index is 13.4. The molecule has 0 aromatic heterocycles. The van der Waals surface area contributed by atoms with Crippen LogP contribution in [0.5, 0.6) is 5.75 Å². The quantitative estimate of drug-likeness (QED) is 0.781. The second kappa shape index (κ2) is 4.37. The fourth-order valence-electron chi connectivity index (χ4n) is 1.13. The lowest BCUT2D eigenvalue weighted by molar-refractivity contribution is -0.0123. The van der Waals surface area contributed by atoms with Gasteiger partial charge in [0, 0.05) is 18.5 Å².